The summed E-state index contributed by atoms with van der Waals surface area (Å²) < 4.78 is 0.836. The van der Waals surface area contributed by atoms with Crippen molar-refractivity contribution in [3.8, 4) is 0 Å². The van der Waals surface area contributed by atoms with E-state index in [1.54, 1.807) is 7.05 Å². The Morgan fingerprint density at radius 3 is 2.58 bits per heavy atom. The number of aryl methyl sites for hydroxylation is 1. The molecule has 0 aliphatic heterocycles. The molecular weight excluding hydrogens is 308 g/mol. The fourth-order valence-corrected chi connectivity index (χ4v) is 2.60. The molecular formula is C13H19BrN4O. The molecule has 1 rings (SSSR count). The van der Waals surface area contributed by atoms with Crippen molar-refractivity contribution in [2.75, 3.05) is 18.5 Å². The first-order chi connectivity index (χ1) is 8.90. The van der Waals surface area contributed by atoms with Gasteiger partial charge in [-0.25, -0.2) is 4.79 Å². The Morgan fingerprint density at radius 2 is 2.11 bits per heavy atom. The third-order valence-corrected chi connectivity index (χ3v) is 3.42. The fourth-order valence-electron chi connectivity index (χ4n) is 1.87. The number of rotatable bonds is 3. The second-order valence-corrected chi connectivity index (χ2v) is 5.14. The normalized spacial score (nSPS) is 10.1. The van der Waals surface area contributed by atoms with Gasteiger partial charge in [-0.05, 0) is 40.9 Å². The summed E-state index contributed by atoms with van der Waals surface area (Å²) in [5.74, 6) is -0.233. The maximum Gasteiger partial charge on any atom is 0.331 e. The molecule has 0 aromatic heterocycles. The van der Waals surface area contributed by atoms with Crippen LogP contribution < -0.4 is 10.6 Å². The van der Waals surface area contributed by atoms with Crippen LogP contribution in [0.2, 0.25) is 0 Å². The molecule has 0 atom stereocenters. The highest BCUT2D eigenvalue weighted by molar-refractivity contribution is 9.10. The van der Waals surface area contributed by atoms with E-state index in [9.17, 15) is 4.79 Å². The van der Waals surface area contributed by atoms with E-state index >= 15 is 0 Å². The number of halogens is 1. The monoisotopic (exact) mass is 326 g/mol. The Hall–Kier alpha value is -1.56. The third-order valence-electron chi connectivity index (χ3n) is 2.78. The molecule has 0 saturated heterocycles. The van der Waals surface area contributed by atoms with Crippen molar-refractivity contribution < 1.29 is 4.79 Å². The lowest BCUT2D eigenvalue weighted by molar-refractivity contribution is 0.227. The highest BCUT2D eigenvalue weighted by atomic mass is 79.9. The van der Waals surface area contributed by atoms with Gasteiger partial charge < -0.3 is 5.73 Å². The van der Waals surface area contributed by atoms with Crippen molar-refractivity contribution in [2.45, 2.75) is 20.3 Å². The van der Waals surface area contributed by atoms with E-state index in [4.69, 9.17) is 11.1 Å². The van der Waals surface area contributed by atoms with E-state index in [0.29, 0.717) is 6.54 Å². The van der Waals surface area contributed by atoms with Crippen molar-refractivity contribution in [1.29, 1.82) is 5.41 Å². The maximum atomic E-state index is 12.4. The van der Waals surface area contributed by atoms with Crippen molar-refractivity contribution in [1.82, 2.24) is 4.90 Å². The van der Waals surface area contributed by atoms with Crippen LogP contribution in [0.25, 0.3) is 0 Å². The standard InChI is InChI=1S/C13H19BrN4O/c1-4-8-18(12(15)16)13(19)17(3)11-9(2)6-5-7-10(11)14/h5-7H,4,8H2,1-3H3,(H3,15,16). The molecule has 0 aliphatic carbocycles. The van der Waals surface area contributed by atoms with Gasteiger partial charge in [-0.15, -0.1) is 0 Å². The Labute approximate surface area is 122 Å². The topological polar surface area (TPSA) is 73.4 Å². The third kappa shape index (κ3) is 3.47. The lowest BCUT2D eigenvalue weighted by Crippen LogP contribution is -2.48. The zero-order valence-electron chi connectivity index (χ0n) is 11.4. The van der Waals surface area contributed by atoms with Crippen LogP contribution in [0.4, 0.5) is 10.5 Å². The lowest BCUT2D eigenvalue weighted by atomic mass is 10.2. The predicted octanol–water partition coefficient (Wildman–Crippen LogP) is 2.92. The number of para-hydroxylation sites is 1. The molecule has 2 amide bonds. The summed E-state index contributed by atoms with van der Waals surface area (Å²) in [7, 11) is 1.68. The van der Waals surface area contributed by atoms with E-state index in [1.165, 1.54) is 9.80 Å². The quantitative estimate of drug-likeness (QED) is 0.662. The molecule has 0 heterocycles. The van der Waals surface area contributed by atoms with Gasteiger partial charge in [-0.2, -0.15) is 0 Å². The number of carbonyl (C=O) groups is 1. The number of benzene rings is 1. The van der Waals surface area contributed by atoms with Gasteiger partial charge in [0, 0.05) is 18.1 Å². The zero-order valence-corrected chi connectivity index (χ0v) is 13.0. The van der Waals surface area contributed by atoms with Gasteiger partial charge in [0.25, 0.3) is 0 Å². The van der Waals surface area contributed by atoms with Gasteiger partial charge >= 0.3 is 6.03 Å². The number of carbonyl (C=O) groups excluding carboxylic acids is 1. The first kappa shape index (κ1) is 15.5. The highest BCUT2D eigenvalue weighted by Crippen LogP contribution is 2.29. The predicted molar refractivity (Wildman–Crippen MR) is 81.6 cm³/mol. The molecule has 0 fully saturated rings. The largest absolute Gasteiger partial charge is 0.370 e. The van der Waals surface area contributed by atoms with Gasteiger partial charge in [-0.3, -0.25) is 15.2 Å². The van der Waals surface area contributed by atoms with Crippen molar-refractivity contribution in [2.24, 2.45) is 5.73 Å². The smallest absolute Gasteiger partial charge is 0.331 e. The molecule has 104 valence electrons. The summed E-state index contributed by atoms with van der Waals surface area (Å²) in [6, 6.07) is 5.42. The van der Waals surface area contributed by atoms with E-state index in [-0.39, 0.29) is 12.0 Å². The van der Waals surface area contributed by atoms with Crippen LogP contribution in [0.5, 0.6) is 0 Å². The van der Waals surface area contributed by atoms with E-state index in [2.05, 4.69) is 15.9 Å². The minimum absolute atomic E-state index is 0.233. The van der Waals surface area contributed by atoms with E-state index < -0.39 is 0 Å². The Bertz CT molecular complexity index is 469. The molecule has 3 N–H and O–H groups in total. The molecule has 1 aromatic carbocycles. The molecule has 19 heavy (non-hydrogen) atoms. The molecule has 6 heteroatoms. The van der Waals surface area contributed by atoms with Gasteiger partial charge in [0.15, 0.2) is 5.96 Å². The Kier molecular flexibility index (Phi) is 5.35. The number of amides is 2. The van der Waals surface area contributed by atoms with Gasteiger partial charge in [0.05, 0.1) is 5.69 Å². The molecule has 0 unspecified atom stereocenters. The average molecular weight is 327 g/mol. The molecule has 0 spiro atoms. The number of hydrogen-bond acceptors (Lipinski definition) is 2. The summed E-state index contributed by atoms with van der Waals surface area (Å²) in [5, 5.41) is 7.49. The minimum atomic E-state index is -0.302. The van der Waals surface area contributed by atoms with Crippen LogP contribution in [0.15, 0.2) is 22.7 Å². The lowest BCUT2D eigenvalue weighted by Gasteiger charge is -2.28. The zero-order chi connectivity index (χ0) is 14.6. The average Bonchev–Trinajstić information content (AvgIpc) is 2.34. The van der Waals surface area contributed by atoms with Crippen molar-refractivity contribution >= 4 is 33.6 Å². The van der Waals surface area contributed by atoms with Crippen LogP contribution in [0.1, 0.15) is 18.9 Å². The summed E-state index contributed by atoms with van der Waals surface area (Å²) in [6.07, 6.45) is 0.744. The molecule has 0 bridgehead atoms. The number of urea groups is 1. The molecule has 0 saturated carbocycles. The number of nitrogens with two attached hydrogens (primary N) is 1. The van der Waals surface area contributed by atoms with Gasteiger partial charge in [-0.1, -0.05) is 19.1 Å². The molecule has 0 aliphatic rings. The number of nitrogens with one attached hydrogen (secondary N) is 1. The second-order valence-electron chi connectivity index (χ2n) is 4.28. The van der Waals surface area contributed by atoms with Gasteiger partial charge in [0.2, 0.25) is 0 Å². The highest BCUT2D eigenvalue weighted by Gasteiger charge is 2.23. The van der Waals surface area contributed by atoms with Crippen LogP contribution in [-0.2, 0) is 0 Å². The number of guanidine groups is 1. The van der Waals surface area contributed by atoms with Crippen LogP contribution in [0.3, 0.4) is 0 Å². The van der Waals surface area contributed by atoms with Crippen LogP contribution in [0, 0.1) is 12.3 Å². The SMILES string of the molecule is CCCN(C(=N)N)C(=O)N(C)c1c(C)cccc1Br. The summed E-state index contributed by atoms with van der Waals surface area (Å²) in [5.41, 5.74) is 7.23. The fraction of sp³-hybridized carbons (Fsp3) is 0.385. The van der Waals surface area contributed by atoms with E-state index in [1.807, 2.05) is 32.0 Å². The summed E-state index contributed by atoms with van der Waals surface area (Å²) in [4.78, 5) is 15.2. The van der Waals surface area contributed by atoms with E-state index in [0.717, 1.165) is 22.1 Å². The Balaban J connectivity index is 3.08. The maximum absolute atomic E-state index is 12.4. The second kappa shape index (κ2) is 6.56. The molecule has 1 aromatic rings. The minimum Gasteiger partial charge on any atom is -0.370 e. The van der Waals surface area contributed by atoms with Crippen LogP contribution in [-0.4, -0.2) is 30.5 Å². The number of anilines is 1. The van der Waals surface area contributed by atoms with Crippen molar-refractivity contribution in [3.63, 3.8) is 0 Å². The van der Waals surface area contributed by atoms with Gasteiger partial charge in [0.1, 0.15) is 0 Å². The first-order valence-corrected chi connectivity index (χ1v) is 6.83. The van der Waals surface area contributed by atoms with Crippen LogP contribution >= 0.6 is 15.9 Å². The molecule has 5 nitrogen and oxygen atoms in total. The van der Waals surface area contributed by atoms with Crippen molar-refractivity contribution in [3.05, 3.63) is 28.2 Å². The molecule has 0 radical (unpaired) electrons. The number of hydrogen-bond donors (Lipinski definition) is 2. The summed E-state index contributed by atoms with van der Waals surface area (Å²) in [6.45, 7) is 4.30. The first-order valence-electron chi connectivity index (χ1n) is 6.04. The Morgan fingerprint density at radius 1 is 1.47 bits per heavy atom. The number of nitrogens with zero attached hydrogens (tertiary/aromatic N) is 2. The summed E-state index contributed by atoms with van der Waals surface area (Å²) >= 11 is 3.44.